The quantitative estimate of drug-likeness (QED) is 0.682. The van der Waals surface area contributed by atoms with Crippen LogP contribution in [0.4, 0.5) is 0 Å². The first kappa shape index (κ1) is 17.4. The lowest BCUT2D eigenvalue weighted by Crippen LogP contribution is -2.62. The molecule has 2 aromatic carbocycles. The Morgan fingerprint density at radius 2 is 2.03 bits per heavy atom. The summed E-state index contributed by atoms with van der Waals surface area (Å²) in [5.74, 6) is 2.68. The predicted octanol–water partition coefficient (Wildman–Crippen LogP) is 4.87. The van der Waals surface area contributed by atoms with Crippen LogP contribution in [0.1, 0.15) is 41.6 Å². The molecule has 1 aliphatic heterocycles. The van der Waals surface area contributed by atoms with Gasteiger partial charge in [-0.15, -0.1) is 0 Å². The SMILES string of the molecule is COc1ccc2c(c1)[C@@]13CCN(CC4CC4)[C@@H](C2)[C@@H]1Cc1c([nH]c2ccccc12)C3. The molecule has 3 heteroatoms. The summed E-state index contributed by atoms with van der Waals surface area (Å²) in [4.78, 5) is 6.70. The van der Waals surface area contributed by atoms with Gasteiger partial charge in [0.15, 0.2) is 0 Å². The maximum Gasteiger partial charge on any atom is 0.119 e. The van der Waals surface area contributed by atoms with E-state index in [9.17, 15) is 0 Å². The Balaban J connectivity index is 1.40. The van der Waals surface area contributed by atoms with Crippen molar-refractivity contribution in [1.29, 1.82) is 0 Å². The van der Waals surface area contributed by atoms with Gasteiger partial charge in [0.25, 0.3) is 0 Å². The fourth-order valence-corrected chi connectivity index (χ4v) is 7.15. The Labute approximate surface area is 178 Å². The molecular weight excluding hydrogens is 368 g/mol. The van der Waals surface area contributed by atoms with Gasteiger partial charge >= 0.3 is 0 Å². The molecule has 3 aromatic rings. The number of benzene rings is 2. The van der Waals surface area contributed by atoms with Gasteiger partial charge < -0.3 is 9.72 Å². The van der Waals surface area contributed by atoms with Crippen LogP contribution in [0.2, 0.25) is 0 Å². The predicted molar refractivity (Wildman–Crippen MR) is 120 cm³/mol. The van der Waals surface area contributed by atoms with E-state index in [0.717, 1.165) is 18.1 Å². The van der Waals surface area contributed by atoms with Crippen LogP contribution in [0.25, 0.3) is 10.9 Å². The molecule has 1 N–H and O–H groups in total. The molecule has 4 aliphatic rings. The van der Waals surface area contributed by atoms with Crippen LogP contribution in [0, 0.1) is 11.8 Å². The maximum atomic E-state index is 5.68. The average Bonchev–Trinajstić information content (AvgIpc) is 3.52. The van der Waals surface area contributed by atoms with Crippen molar-refractivity contribution in [3.63, 3.8) is 0 Å². The van der Waals surface area contributed by atoms with Crippen LogP contribution >= 0.6 is 0 Å². The van der Waals surface area contributed by atoms with Gasteiger partial charge in [0.1, 0.15) is 5.75 Å². The minimum Gasteiger partial charge on any atom is -0.497 e. The normalized spacial score (nSPS) is 29.9. The van der Waals surface area contributed by atoms with E-state index >= 15 is 0 Å². The molecule has 0 radical (unpaired) electrons. The molecule has 3 nitrogen and oxygen atoms in total. The van der Waals surface area contributed by atoms with Gasteiger partial charge in [0.05, 0.1) is 7.11 Å². The number of nitrogens with zero attached hydrogens (tertiary/aromatic N) is 1. The average molecular weight is 399 g/mol. The molecule has 2 heterocycles. The topological polar surface area (TPSA) is 28.3 Å². The zero-order valence-corrected chi connectivity index (χ0v) is 17.8. The van der Waals surface area contributed by atoms with Gasteiger partial charge in [0, 0.05) is 34.6 Å². The lowest BCUT2D eigenvalue weighted by atomic mass is 9.52. The number of fused-ring (bicyclic) bond motifs is 4. The van der Waals surface area contributed by atoms with Gasteiger partial charge in [-0.25, -0.2) is 0 Å². The van der Waals surface area contributed by atoms with E-state index in [2.05, 4.69) is 52.3 Å². The minimum atomic E-state index is 0.251. The Morgan fingerprint density at radius 1 is 1.13 bits per heavy atom. The van der Waals surface area contributed by atoms with Crippen molar-refractivity contribution in [1.82, 2.24) is 9.88 Å². The number of H-pyrrole nitrogens is 1. The van der Waals surface area contributed by atoms with Gasteiger partial charge in [-0.05, 0) is 91.8 Å². The van der Waals surface area contributed by atoms with E-state index in [1.54, 1.807) is 23.8 Å². The van der Waals surface area contributed by atoms with Crippen molar-refractivity contribution < 1.29 is 4.74 Å². The number of methoxy groups -OCH3 is 1. The molecule has 154 valence electrons. The van der Waals surface area contributed by atoms with Gasteiger partial charge in [-0.1, -0.05) is 24.3 Å². The lowest BCUT2D eigenvalue weighted by molar-refractivity contribution is 0.00515. The van der Waals surface area contributed by atoms with Crippen molar-refractivity contribution >= 4 is 10.9 Å². The van der Waals surface area contributed by atoms with Crippen molar-refractivity contribution in [2.24, 2.45) is 11.8 Å². The second-order valence-corrected chi connectivity index (χ2v) is 10.3. The van der Waals surface area contributed by atoms with E-state index in [-0.39, 0.29) is 5.41 Å². The second kappa shape index (κ2) is 6.13. The van der Waals surface area contributed by atoms with E-state index < -0.39 is 0 Å². The third-order valence-corrected chi connectivity index (χ3v) is 8.78. The highest BCUT2D eigenvalue weighted by Crippen LogP contribution is 2.56. The second-order valence-electron chi connectivity index (χ2n) is 10.3. The first-order chi connectivity index (χ1) is 14.7. The molecule has 1 saturated heterocycles. The Morgan fingerprint density at radius 3 is 2.90 bits per heavy atom. The zero-order valence-electron chi connectivity index (χ0n) is 17.8. The first-order valence-corrected chi connectivity index (χ1v) is 11.7. The standard InChI is InChI=1S/C27H30N2O/c1-30-19-9-8-18-12-26-23-14-21-20-4-2-3-5-24(20)28-25(21)15-27(23,22(18)13-19)10-11-29(26)16-17-6-7-17/h2-5,8-9,13,17,23,26,28H,6-7,10-12,14-16H2,1H3/t23-,26-,27-/m0/s1. The van der Waals surface area contributed by atoms with Gasteiger partial charge in [0.2, 0.25) is 0 Å². The number of aromatic amines is 1. The van der Waals surface area contributed by atoms with Crippen LogP contribution in [0.15, 0.2) is 42.5 Å². The highest BCUT2D eigenvalue weighted by molar-refractivity contribution is 5.85. The molecule has 0 unspecified atom stereocenters. The lowest BCUT2D eigenvalue weighted by Gasteiger charge is -2.59. The molecule has 3 aliphatic carbocycles. The van der Waals surface area contributed by atoms with E-state index in [1.807, 2.05) is 0 Å². The van der Waals surface area contributed by atoms with E-state index in [4.69, 9.17) is 4.74 Å². The fraction of sp³-hybridized carbons (Fsp3) is 0.481. The van der Waals surface area contributed by atoms with Crippen molar-refractivity contribution in [2.45, 2.75) is 50.0 Å². The summed E-state index contributed by atoms with van der Waals surface area (Å²) in [5, 5.41) is 1.45. The molecule has 0 spiro atoms. The maximum absolute atomic E-state index is 5.68. The number of piperidine rings is 1. The molecule has 3 atom stereocenters. The van der Waals surface area contributed by atoms with Crippen molar-refractivity contribution in [3.05, 3.63) is 64.8 Å². The number of rotatable bonds is 3. The minimum absolute atomic E-state index is 0.251. The number of aromatic nitrogens is 1. The molecule has 2 fully saturated rings. The summed E-state index contributed by atoms with van der Waals surface area (Å²) in [6.45, 7) is 2.58. The van der Waals surface area contributed by atoms with Crippen LogP contribution in [-0.4, -0.2) is 36.1 Å². The summed E-state index contributed by atoms with van der Waals surface area (Å²) in [7, 11) is 1.80. The number of nitrogens with one attached hydrogen (secondary N) is 1. The van der Waals surface area contributed by atoms with Crippen LogP contribution in [0.5, 0.6) is 5.75 Å². The first-order valence-electron chi connectivity index (χ1n) is 11.7. The van der Waals surface area contributed by atoms with Gasteiger partial charge in [-0.3, -0.25) is 4.90 Å². The Kier molecular flexibility index (Phi) is 3.56. The number of para-hydroxylation sites is 1. The van der Waals surface area contributed by atoms with Crippen LogP contribution in [-0.2, 0) is 24.7 Å². The molecule has 30 heavy (non-hydrogen) atoms. The Bertz CT molecular complexity index is 1140. The van der Waals surface area contributed by atoms with Crippen molar-refractivity contribution in [2.75, 3.05) is 20.2 Å². The van der Waals surface area contributed by atoms with Crippen LogP contribution in [0.3, 0.4) is 0 Å². The number of ether oxygens (including phenoxy) is 1. The number of hydrogen-bond donors (Lipinski definition) is 1. The molecule has 0 amide bonds. The summed E-state index contributed by atoms with van der Waals surface area (Å²) < 4.78 is 5.68. The number of hydrogen-bond acceptors (Lipinski definition) is 2. The van der Waals surface area contributed by atoms with Crippen LogP contribution < -0.4 is 4.74 Å². The fourth-order valence-electron chi connectivity index (χ4n) is 7.15. The number of likely N-dealkylation sites (tertiary alicyclic amines) is 1. The molecule has 2 bridgehead atoms. The highest BCUT2D eigenvalue weighted by Gasteiger charge is 2.55. The van der Waals surface area contributed by atoms with E-state index in [0.29, 0.717) is 12.0 Å². The summed E-state index contributed by atoms with van der Waals surface area (Å²) in [5.41, 5.74) is 7.79. The molecule has 7 rings (SSSR count). The third-order valence-electron chi connectivity index (χ3n) is 8.78. The Hall–Kier alpha value is -2.26. The molecular formula is C27H30N2O. The van der Waals surface area contributed by atoms with E-state index in [1.165, 1.54) is 61.8 Å². The largest absolute Gasteiger partial charge is 0.497 e. The van der Waals surface area contributed by atoms with Gasteiger partial charge in [-0.2, -0.15) is 0 Å². The smallest absolute Gasteiger partial charge is 0.119 e. The third kappa shape index (κ3) is 2.36. The summed E-state index contributed by atoms with van der Waals surface area (Å²) in [6, 6.07) is 16.5. The molecule has 1 saturated carbocycles. The summed E-state index contributed by atoms with van der Waals surface area (Å²) in [6.07, 6.45) is 7.72. The summed E-state index contributed by atoms with van der Waals surface area (Å²) >= 11 is 0. The van der Waals surface area contributed by atoms with Crippen molar-refractivity contribution in [3.8, 4) is 5.75 Å². The zero-order chi connectivity index (χ0) is 19.9. The monoisotopic (exact) mass is 398 g/mol. The molecule has 1 aromatic heterocycles. The highest BCUT2D eigenvalue weighted by atomic mass is 16.5.